The van der Waals surface area contributed by atoms with Crippen LogP contribution in [0.5, 0.6) is 0 Å². The minimum atomic E-state index is -0.755. The lowest BCUT2D eigenvalue weighted by atomic mass is 9.99. The number of carbonyl (C=O) groups is 2. The largest absolute Gasteiger partial charge is 0.350 e. The second kappa shape index (κ2) is 12.4. The molecule has 43 heavy (non-hydrogen) atoms. The molecule has 0 spiro atoms. The number of amides is 2. The van der Waals surface area contributed by atoms with Gasteiger partial charge in [-0.15, -0.1) is 11.8 Å². The number of pyridine rings is 1. The molecular formula is C32H24ClF2N5O2S. The van der Waals surface area contributed by atoms with Gasteiger partial charge in [0.05, 0.1) is 27.4 Å². The zero-order valence-electron chi connectivity index (χ0n) is 22.6. The van der Waals surface area contributed by atoms with Crippen molar-refractivity contribution in [3.8, 4) is 16.9 Å². The van der Waals surface area contributed by atoms with Gasteiger partial charge in [-0.25, -0.2) is 13.5 Å². The van der Waals surface area contributed by atoms with Crippen molar-refractivity contribution in [2.75, 3.05) is 17.2 Å². The molecule has 2 amide bonds. The van der Waals surface area contributed by atoms with E-state index >= 15 is 4.39 Å². The normalized spacial score (nSPS) is 14.7. The highest BCUT2D eigenvalue weighted by atomic mass is 35.5. The number of anilines is 1. The van der Waals surface area contributed by atoms with Crippen molar-refractivity contribution in [2.24, 2.45) is 0 Å². The van der Waals surface area contributed by atoms with Gasteiger partial charge in [0.15, 0.2) is 0 Å². The zero-order valence-corrected chi connectivity index (χ0v) is 24.2. The monoisotopic (exact) mass is 615 g/mol. The SMILES string of the molecule is O=C(CN1C(=O)CS[C@@H](c2ccc(F)cc2F)c2c(-c3ccccc3)nn(-c3ccccc3Cl)c21)NCc1cccnc1. The van der Waals surface area contributed by atoms with Crippen molar-refractivity contribution in [2.45, 2.75) is 11.8 Å². The molecule has 0 unspecified atom stereocenters. The smallest absolute Gasteiger partial charge is 0.240 e. The maximum absolute atomic E-state index is 15.4. The van der Waals surface area contributed by atoms with Crippen molar-refractivity contribution in [3.05, 3.63) is 131 Å². The Morgan fingerprint density at radius 1 is 1.02 bits per heavy atom. The van der Waals surface area contributed by atoms with Gasteiger partial charge < -0.3 is 5.32 Å². The molecular weight excluding hydrogens is 592 g/mol. The van der Waals surface area contributed by atoms with Crippen LogP contribution < -0.4 is 10.2 Å². The molecule has 3 heterocycles. The lowest BCUT2D eigenvalue weighted by Gasteiger charge is -2.23. The molecule has 0 saturated heterocycles. The average Bonchev–Trinajstić information content (AvgIpc) is 3.34. The second-order valence-electron chi connectivity index (χ2n) is 9.79. The summed E-state index contributed by atoms with van der Waals surface area (Å²) in [6.07, 6.45) is 3.29. The molecule has 0 bridgehead atoms. The molecule has 5 aromatic rings. The van der Waals surface area contributed by atoms with E-state index in [1.54, 1.807) is 42.7 Å². The summed E-state index contributed by atoms with van der Waals surface area (Å²) >= 11 is 7.84. The third kappa shape index (κ3) is 5.89. The third-order valence-electron chi connectivity index (χ3n) is 6.98. The van der Waals surface area contributed by atoms with Gasteiger partial charge in [0.1, 0.15) is 24.0 Å². The first-order valence-corrected chi connectivity index (χ1v) is 14.8. The molecule has 1 atom stereocenters. The van der Waals surface area contributed by atoms with Crippen molar-refractivity contribution in [1.29, 1.82) is 0 Å². The average molecular weight is 616 g/mol. The fraction of sp³-hybridized carbons (Fsp3) is 0.125. The van der Waals surface area contributed by atoms with Gasteiger partial charge in [0.25, 0.3) is 0 Å². The number of thioether (sulfide) groups is 1. The summed E-state index contributed by atoms with van der Waals surface area (Å²) < 4.78 is 30.9. The van der Waals surface area contributed by atoms with Crippen LogP contribution in [0, 0.1) is 11.6 Å². The fourth-order valence-corrected chi connectivity index (χ4v) is 6.42. The molecule has 0 saturated carbocycles. The molecule has 0 fully saturated rings. The molecule has 11 heteroatoms. The number of nitrogens with zero attached hydrogens (tertiary/aromatic N) is 4. The van der Waals surface area contributed by atoms with Crippen LogP contribution in [-0.2, 0) is 16.1 Å². The van der Waals surface area contributed by atoms with Crippen LogP contribution >= 0.6 is 23.4 Å². The van der Waals surface area contributed by atoms with Crippen molar-refractivity contribution in [3.63, 3.8) is 0 Å². The summed E-state index contributed by atoms with van der Waals surface area (Å²) in [5, 5.41) is 7.39. The van der Waals surface area contributed by atoms with Crippen molar-refractivity contribution in [1.82, 2.24) is 20.1 Å². The Balaban J connectivity index is 1.54. The zero-order chi connectivity index (χ0) is 29.9. The van der Waals surface area contributed by atoms with Gasteiger partial charge in [-0.2, -0.15) is 5.10 Å². The summed E-state index contributed by atoms with van der Waals surface area (Å²) in [6.45, 7) is -0.103. The molecule has 0 radical (unpaired) electrons. The molecule has 1 aliphatic rings. The maximum Gasteiger partial charge on any atom is 0.240 e. The molecule has 2 aromatic heterocycles. The lowest BCUT2D eigenvalue weighted by molar-refractivity contribution is -0.123. The number of hydrogen-bond donors (Lipinski definition) is 1. The van der Waals surface area contributed by atoms with Gasteiger partial charge in [-0.3, -0.25) is 19.5 Å². The first-order chi connectivity index (χ1) is 20.9. The Labute approximate surface area is 255 Å². The standard InChI is InChI=1S/C32H24ClF2N5O2S/c33-24-10-4-5-11-26(24)40-32-29(30(38-40)21-8-2-1-3-9-21)31(23-13-12-22(34)15-25(23)35)43-19-28(42)39(32)18-27(41)37-17-20-7-6-14-36-16-20/h1-16,31H,17-19H2,(H,37,41)/t31-/m0/s1. The molecule has 0 aliphatic carbocycles. The Bertz CT molecular complexity index is 1800. The van der Waals surface area contributed by atoms with E-state index in [2.05, 4.69) is 10.3 Å². The first-order valence-electron chi connectivity index (χ1n) is 13.4. The van der Waals surface area contributed by atoms with Gasteiger partial charge >= 0.3 is 0 Å². The second-order valence-corrected chi connectivity index (χ2v) is 11.3. The van der Waals surface area contributed by atoms with Crippen LogP contribution in [0.25, 0.3) is 16.9 Å². The lowest BCUT2D eigenvalue weighted by Crippen LogP contribution is -2.42. The molecule has 3 aromatic carbocycles. The Hall–Kier alpha value is -4.54. The van der Waals surface area contributed by atoms with Crippen molar-refractivity contribution < 1.29 is 18.4 Å². The summed E-state index contributed by atoms with van der Waals surface area (Å²) in [5.41, 5.74) is 3.17. The number of hydrogen-bond acceptors (Lipinski definition) is 5. The van der Waals surface area contributed by atoms with E-state index in [0.717, 1.165) is 11.6 Å². The van der Waals surface area contributed by atoms with Crippen LogP contribution in [-0.4, -0.2) is 38.9 Å². The van der Waals surface area contributed by atoms with Gasteiger partial charge in [-0.05, 0) is 29.8 Å². The van der Waals surface area contributed by atoms with Gasteiger partial charge in [0, 0.05) is 41.7 Å². The van der Waals surface area contributed by atoms with E-state index in [4.69, 9.17) is 16.7 Å². The minimum Gasteiger partial charge on any atom is -0.350 e. The quantitative estimate of drug-likeness (QED) is 0.231. The van der Waals surface area contributed by atoms with E-state index in [1.165, 1.54) is 33.5 Å². The molecule has 1 N–H and O–H groups in total. The number of aromatic nitrogens is 3. The number of rotatable bonds is 7. The predicted octanol–water partition coefficient (Wildman–Crippen LogP) is 6.35. The minimum absolute atomic E-state index is 0.0667. The molecule has 216 valence electrons. The van der Waals surface area contributed by atoms with E-state index in [-0.39, 0.29) is 36.1 Å². The highest BCUT2D eigenvalue weighted by Gasteiger charge is 2.38. The topological polar surface area (TPSA) is 80.1 Å². The Morgan fingerprint density at radius 2 is 1.81 bits per heavy atom. The summed E-state index contributed by atoms with van der Waals surface area (Å²) in [6, 6.07) is 23.3. The first kappa shape index (κ1) is 28.6. The van der Waals surface area contributed by atoms with Crippen LogP contribution in [0.2, 0.25) is 5.02 Å². The Morgan fingerprint density at radius 3 is 2.56 bits per heavy atom. The number of carbonyl (C=O) groups excluding carboxylic acids is 2. The highest BCUT2D eigenvalue weighted by Crippen LogP contribution is 2.49. The fourth-order valence-electron chi connectivity index (χ4n) is 4.98. The summed E-state index contributed by atoms with van der Waals surface area (Å²) in [5.74, 6) is -2.02. The van der Waals surface area contributed by atoms with Gasteiger partial charge in [-0.1, -0.05) is 66.2 Å². The maximum atomic E-state index is 15.4. The third-order valence-corrected chi connectivity index (χ3v) is 8.53. The van der Waals surface area contributed by atoms with Crippen LogP contribution in [0.15, 0.2) is 97.3 Å². The van der Waals surface area contributed by atoms with Crippen LogP contribution in [0.3, 0.4) is 0 Å². The number of nitrogens with one attached hydrogen (secondary N) is 1. The van der Waals surface area contributed by atoms with E-state index in [9.17, 15) is 14.0 Å². The summed E-state index contributed by atoms with van der Waals surface area (Å²) in [7, 11) is 0. The van der Waals surface area contributed by atoms with E-state index in [1.807, 2.05) is 36.4 Å². The molecule has 1 aliphatic heterocycles. The number of halogens is 3. The number of benzene rings is 3. The van der Waals surface area contributed by atoms with Gasteiger partial charge in [0.2, 0.25) is 11.8 Å². The van der Waals surface area contributed by atoms with Crippen molar-refractivity contribution >= 4 is 41.0 Å². The number of fused-ring (bicyclic) bond motifs is 1. The number of para-hydroxylation sites is 1. The molecule has 7 nitrogen and oxygen atoms in total. The summed E-state index contributed by atoms with van der Waals surface area (Å²) in [4.78, 5) is 32.5. The predicted molar refractivity (Wildman–Crippen MR) is 163 cm³/mol. The molecule has 6 rings (SSSR count). The Kier molecular flexibility index (Phi) is 8.22. The van der Waals surface area contributed by atoms with Crippen LogP contribution in [0.1, 0.15) is 21.9 Å². The van der Waals surface area contributed by atoms with Crippen LogP contribution in [0.4, 0.5) is 14.6 Å². The van der Waals surface area contributed by atoms with E-state index in [0.29, 0.717) is 27.5 Å². The highest BCUT2D eigenvalue weighted by molar-refractivity contribution is 8.00. The van der Waals surface area contributed by atoms with E-state index < -0.39 is 22.8 Å².